The molecule has 1 fully saturated rings. The van der Waals surface area contributed by atoms with E-state index in [0.29, 0.717) is 0 Å². The average Bonchev–Trinajstić information content (AvgIpc) is 2.28. The van der Waals surface area contributed by atoms with Crippen molar-refractivity contribution < 1.29 is 0 Å². The minimum Gasteiger partial charge on any atom is -0.315 e. The van der Waals surface area contributed by atoms with Crippen LogP contribution in [0, 0.1) is 5.92 Å². The Balaban J connectivity index is 1.99. The summed E-state index contributed by atoms with van der Waals surface area (Å²) in [6.07, 6.45) is 2.62. The minimum atomic E-state index is 0.823. The van der Waals surface area contributed by atoms with Gasteiger partial charge in [-0.3, -0.25) is 0 Å². The van der Waals surface area contributed by atoms with Gasteiger partial charge in [-0.2, -0.15) is 11.8 Å². The number of nitrogens with one attached hydrogen (secondary N) is 1. The van der Waals surface area contributed by atoms with Gasteiger partial charge in [0.25, 0.3) is 0 Å². The van der Waals surface area contributed by atoms with Crippen LogP contribution >= 0.6 is 11.8 Å². The number of nitrogens with zero attached hydrogens (tertiary/aromatic N) is 1. The van der Waals surface area contributed by atoms with E-state index < -0.39 is 0 Å². The lowest BCUT2D eigenvalue weighted by Gasteiger charge is -2.31. The zero-order valence-corrected chi connectivity index (χ0v) is 12.0. The first-order valence-electron chi connectivity index (χ1n) is 6.77. The predicted molar refractivity (Wildman–Crippen MR) is 75.3 cm³/mol. The normalized spacial score (nSPS) is 22.9. The molecule has 1 rings (SSSR count). The highest BCUT2D eigenvalue weighted by Gasteiger charge is 2.17. The third-order valence-electron chi connectivity index (χ3n) is 3.18. The number of rotatable bonds is 7. The summed E-state index contributed by atoms with van der Waals surface area (Å²) in [5.74, 6) is 2.15. The summed E-state index contributed by atoms with van der Waals surface area (Å²) in [7, 11) is 0. The molecule has 1 aliphatic heterocycles. The SMILES string of the molecule is CCC1CN(CCNCCC(C)C)CCS1. The average molecular weight is 244 g/mol. The van der Waals surface area contributed by atoms with Gasteiger partial charge in [0.05, 0.1) is 0 Å². The maximum Gasteiger partial charge on any atom is 0.0172 e. The molecule has 1 atom stereocenters. The second-order valence-corrected chi connectivity index (χ2v) is 6.54. The summed E-state index contributed by atoms with van der Waals surface area (Å²) in [4.78, 5) is 2.62. The van der Waals surface area contributed by atoms with Crippen LogP contribution in [0.1, 0.15) is 33.6 Å². The number of hydrogen-bond acceptors (Lipinski definition) is 3. The molecule has 0 bridgehead atoms. The molecule has 0 amide bonds. The maximum absolute atomic E-state index is 3.55. The summed E-state index contributed by atoms with van der Waals surface area (Å²) in [5, 5.41) is 4.43. The second kappa shape index (κ2) is 8.37. The van der Waals surface area contributed by atoms with E-state index in [1.165, 1.54) is 44.8 Å². The highest BCUT2D eigenvalue weighted by atomic mass is 32.2. The summed E-state index contributed by atoms with van der Waals surface area (Å²) < 4.78 is 0. The first kappa shape index (κ1) is 14.3. The van der Waals surface area contributed by atoms with Gasteiger partial charge in [-0.15, -0.1) is 0 Å². The van der Waals surface area contributed by atoms with E-state index in [4.69, 9.17) is 0 Å². The van der Waals surface area contributed by atoms with Gasteiger partial charge in [-0.1, -0.05) is 20.8 Å². The monoisotopic (exact) mass is 244 g/mol. The molecule has 0 aromatic heterocycles. The molecule has 0 saturated carbocycles. The van der Waals surface area contributed by atoms with Crippen LogP contribution in [-0.4, -0.2) is 48.6 Å². The van der Waals surface area contributed by atoms with Crippen LogP contribution < -0.4 is 5.32 Å². The van der Waals surface area contributed by atoms with Crippen LogP contribution in [0.25, 0.3) is 0 Å². The number of thioether (sulfide) groups is 1. The van der Waals surface area contributed by atoms with Crippen LogP contribution in [0.2, 0.25) is 0 Å². The Morgan fingerprint density at radius 3 is 2.88 bits per heavy atom. The van der Waals surface area contributed by atoms with Crippen molar-refractivity contribution in [3.8, 4) is 0 Å². The van der Waals surface area contributed by atoms with Gasteiger partial charge in [-0.05, 0) is 25.3 Å². The van der Waals surface area contributed by atoms with Gasteiger partial charge in [0.15, 0.2) is 0 Å². The lowest BCUT2D eigenvalue weighted by Crippen LogP contribution is -2.41. The molecule has 1 N–H and O–H groups in total. The molecular weight excluding hydrogens is 216 g/mol. The van der Waals surface area contributed by atoms with E-state index >= 15 is 0 Å². The van der Waals surface area contributed by atoms with E-state index in [0.717, 1.165) is 17.7 Å². The lowest BCUT2D eigenvalue weighted by atomic mass is 10.1. The molecule has 1 unspecified atom stereocenters. The Kier molecular flexibility index (Phi) is 7.50. The van der Waals surface area contributed by atoms with Crippen LogP contribution in [0.15, 0.2) is 0 Å². The Bertz CT molecular complexity index is 173. The Labute approximate surface area is 106 Å². The molecule has 3 heteroatoms. The maximum atomic E-state index is 3.55. The third kappa shape index (κ3) is 6.12. The molecule has 0 aliphatic carbocycles. The van der Waals surface area contributed by atoms with E-state index in [9.17, 15) is 0 Å². The van der Waals surface area contributed by atoms with Gasteiger partial charge >= 0.3 is 0 Å². The standard InChI is InChI=1S/C13H28N2S/c1-4-13-11-15(9-10-16-13)8-7-14-6-5-12(2)3/h12-14H,4-11H2,1-3H3. The molecule has 0 radical (unpaired) electrons. The van der Waals surface area contributed by atoms with E-state index in [1.54, 1.807) is 0 Å². The fourth-order valence-corrected chi connectivity index (χ4v) is 3.23. The Morgan fingerprint density at radius 2 is 2.19 bits per heavy atom. The Hall–Kier alpha value is 0.270. The fourth-order valence-electron chi connectivity index (χ4n) is 1.98. The van der Waals surface area contributed by atoms with Crippen molar-refractivity contribution in [2.24, 2.45) is 5.92 Å². The van der Waals surface area contributed by atoms with Gasteiger partial charge in [0.1, 0.15) is 0 Å². The summed E-state index contributed by atoms with van der Waals surface area (Å²) in [6.45, 7) is 13.0. The van der Waals surface area contributed by atoms with Gasteiger partial charge in [-0.25, -0.2) is 0 Å². The van der Waals surface area contributed by atoms with Crippen molar-refractivity contribution in [1.29, 1.82) is 0 Å². The van der Waals surface area contributed by atoms with Crippen molar-refractivity contribution in [3.63, 3.8) is 0 Å². The van der Waals surface area contributed by atoms with Crippen LogP contribution in [0.4, 0.5) is 0 Å². The predicted octanol–water partition coefficient (Wildman–Crippen LogP) is 2.45. The summed E-state index contributed by atoms with van der Waals surface area (Å²) in [6, 6.07) is 0. The third-order valence-corrected chi connectivity index (χ3v) is 4.55. The zero-order chi connectivity index (χ0) is 11.8. The quantitative estimate of drug-likeness (QED) is 0.693. The highest BCUT2D eigenvalue weighted by molar-refractivity contribution is 8.00. The fraction of sp³-hybridized carbons (Fsp3) is 1.00. The van der Waals surface area contributed by atoms with Crippen molar-refractivity contribution in [2.75, 3.05) is 38.5 Å². The molecule has 16 heavy (non-hydrogen) atoms. The molecule has 0 aromatic rings. The first-order valence-corrected chi connectivity index (χ1v) is 7.82. The molecule has 1 heterocycles. The summed E-state index contributed by atoms with van der Waals surface area (Å²) in [5.41, 5.74) is 0. The molecule has 1 aliphatic rings. The zero-order valence-electron chi connectivity index (χ0n) is 11.2. The molecule has 0 aromatic carbocycles. The van der Waals surface area contributed by atoms with Crippen molar-refractivity contribution in [2.45, 2.75) is 38.9 Å². The van der Waals surface area contributed by atoms with Crippen molar-refractivity contribution >= 4 is 11.8 Å². The van der Waals surface area contributed by atoms with Gasteiger partial charge in [0, 0.05) is 37.2 Å². The van der Waals surface area contributed by atoms with Crippen LogP contribution in [0.5, 0.6) is 0 Å². The van der Waals surface area contributed by atoms with Crippen molar-refractivity contribution in [1.82, 2.24) is 10.2 Å². The Morgan fingerprint density at radius 1 is 1.38 bits per heavy atom. The summed E-state index contributed by atoms with van der Waals surface area (Å²) >= 11 is 2.15. The molecular formula is C13H28N2S. The lowest BCUT2D eigenvalue weighted by molar-refractivity contribution is 0.280. The van der Waals surface area contributed by atoms with E-state index in [2.05, 4.69) is 42.7 Å². The van der Waals surface area contributed by atoms with Crippen LogP contribution in [0.3, 0.4) is 0 Å². The smallest absolute Gasteiger partial charge is 0.0172 e. The molecule has 96 valence electrons. The molecule has 2 nitrogen and oxygen atoms in total. The second-order valence-electron chi connectivity index (χ2n) is 5.13. The highest BCUT2D eigenvalue weighted by Crippen LogP contribution is 2.20. The molecule has 0 spiro atoms. The molecule has 1 saturated heterocycles. The number of hydrogen-bond donors (Lipinski definition) is 1. The van der Waals surface area contributed by atoms with Crippen molar-refractivity contribution in [3.05, 3.63) is 0 Å². The van der Waals surface area contributed by atoms with Gasteiger partial charge < -0.3 is 10.2 Å². The minimum absolute atomic E-state index is 0.823. The van der Waals surface area contributed by atoms with Gasteiger partial charge in [0.2, 0.25) is 0 Å². The first-order chi connectivity index (χ1) is 7.72. The van der Waals surface area contributed by atoms with E-state index in [1.807, 2.05) is 0 Å². The largest absolute Gasteiger partial charge is 0.315 e. The van der Waals surface area contributed by atoms with Crippen LogP contribution in [-0.2, 0) is 0 Å². The van der Waals surface area contributed by atoms with E-state index in [-0.39, 0.29) is 0 Å². The topological polar surface area (TPSA) is 15.3 Å².